The second-order valence-electron chi connectivity index (χ2n) is 9.45. The highest BCUT2D eigenvalue weighted by Gasteiger charge is 2.31. The van der Waals surface area contributed by atoms with E-state index in [4.69, 9.17) is 4.74 Å². The lowest BCUT2D eigenvalue weighted by Gasteiger charge is -2.28. The van der Waals surface area contributed by atoms with E-state index in [0.717, 1.165) is 18.4 Å². The number of hydrogen-bond donors (Lipinski definition) is 0. The molecule has 0 aromatic heterocycles. The molecule has 1 saturated carbocycles. The molecule has 0 amide bonds. The summed E-state index contributed by atoms with van der Waals surface area (Å²) in [4.78, 5) is 12.7. The lowest BCUT2D eigenvalue weighted by molar-refractivity contribution is -0.140. The minimum absolute atomic E-state index is 0.0923. The molecule has 0 aliphatic heterocycles. The van der Waals surface area contributed by atoms with Crippen LogP contribution in [0.3, 0.4) is 0 Å². The molecule has 3 aromatic rings. The van der Waals surface area contributed by atoms with Crippen LogP contribution >= 0.6 is 0 Å². The maximum Gasteiger partial charge on any atom is 0.314 e. The summed E-state index contributed by atoms with van der Waals surface area (Å²) in [5.74, 6) is -5.70. The molecule has 0 heterocycles. The van der Waals surface area contributed by atoms with Crippen LogP contribution in [-0.2, 0) is 17.6 Å². The molecule has 0 radical (unpaired) electrons. The van der Waals surface area contributed by atoms with Crippen LogP contribution in [0.2, 0.25) is 0 Å². The fourth-order valence-corrected chi connectivity index (χ4v) is 4.97. The van der Waals surface area contributed by atoms with Gasteiger partial charge in [0.1, 0.15) is 0 Å². The maximum absolute atomic E-state index is 14.8. The number of carbonyl (C=O) groups excluding carboxylic acids is 1. The fraction of sp³-hybridized carbons (Fsp3) is 0.367. The van der Waals surface area contributed by atoms with Crippen molar-refractivity contribution in [3.63, 3.8) is 0 Å². The van der Waals surface area contributed by atoms with Crippen LogP contribution in [0.25, 0.3) is 11.1 Å². The second-order valence-corrected chi connectivity index (χ2v) is 9.45. The average molecular weight is 499 g/mol. The first kappa shape index (κ1) is 25.9. The van der Waals surface area contributed by atoms with Crippen molar-refractivity contribution in [2.45, 2.75) is 64.7 Å². The molecule has 0 unspecified atom stereocenters. The number of esters is 1. The molecule has 0 N–H and O–H groups in total. The standard InChI is InChI=1S/C30H30F4O2/c1-3-5-21-14-15-23(27(32)26(21)31)20-10-12-22(13-11-20)30(35)36-25-17-16-24(28(33)29(25)34)19-8-6-18(4-2)7-9-19/h6-9,14-17,20,22H,3-5,10-13H2,1-2H3. The van der Waals surface area contributed by atoms with Gasteiger partial charge in [-0.15, -0.1) is 0 Å². The van der Waals surface area contributed by atoms with Gasteiger partial charge in [0, 0.05) is 5.56 Å². The number of hydrogen-bond acceptors (Lipinski definition) is 2. The first-order valence-corrected chi connectivity index (χ1v) is 12.6. The number of ether oxygens (including phenoxy) is 1. The number of carbonyl (C=O) groups is 1. The van der Waals surface area contributed by atoms with E-state index >= 15 is 0 Å². The Bertz CT molecular complexity index is 1230. The van der Waals surface area contributed by atoms with Crippen LogP contribution in [0.15, 0.2) is 48.5 Å². The summed E-state index contributed by atoms with van der Waals surface area (Å²) in [5.41, 5.74) is 2.41. The van der Waals surface area contributed by atoms with E-state index in [0.29, 0.717) is 48.8 Å². The van der Waals surface area contributed by atoms with Gasteiger partial charge in [-0.2, -0.15) is 4.39 Å². The van der Waals surface area contributed by atoms with Crippen molar-refractivity contribution in [1.29, 1.82) is 0 Å². The van der Waals surface area contributed by atoms with E-state index in [1.165, 1.54) is 12.1 Å². The summed E-state index contributed by atoms with van der Waals surface area (Å²) in [5, 5.41) is 0. The van der Waals surface area contributed by atoms with E-state index in [1.54, 1.807) is 24.3 Å². The van der Waals surface area contributed by atoms with E-state index < -0.39 is 40.9 Å². The average Bonchev–Trinajstić information content (AvgIpc) is 2.90. The van der Waals surface area contributed by atoms with Crippen molar-refractivity contribution < 1.29 is 27.1 Å². The number of halogens is 4. The molecule has 1 aliphatic carbocycles. The second kappa shape index (κ2) is 11.3. The maximum atomic E-state index is 14.8. The van der Waals surface area contributed by atoms with Gasteiger partial charge in [-0.25, -0.2) is 13.2 Å². The number of aryl methyl sites for hydroxylation is 2. The minimum atomic E-state index is -1.21. The predicted molar refractivity (Wildman–Crippen MR) is 132 cm³/mol. The summed E-state index contributed by atoms with van der Waals surface area (Å²) in [6.07, 6.45) is 3.79. The zero-order valence-electron chi connectivity index (χ0n) is 20.6. The largest absolute Gasteiger partial charge is 0.423 e. The Labute approximate surface area is 209 Å². The summed E-state index contributed by atoms with van der Waals surface area (Å²) in [6, 6.07) is 13.1. The molecule has 36 heavy (non-hydrogen) atoms. The van der Waals surface area contributed by atoms with Gasteiger partial charge in [0.05, 0.1) is 5.92 Å². The van der Waals surface area contributed by atoms with Gasteiger partial charge in [-0.3, -0.25) is 4.79 Å². The van der Waals surface area contributed by atoms with Crippen molar-refractivity contribution in [2.24, 2.45) is 5.92 Å². The van der Waals surface area contributed by atoms with Crippen LogP contribution in [0.5, 0.6) is 5.75 Å². The summed E-state index contributed by atoms with van der Waals surface area (Å²) in [7, 11) is 0. The highest BCUT2D eigenvalue weighted by molar-refractivity contribution is 5.76. The van der Waals surface area contributed by atoms with Crippen molar-refractivity contribution in [3.05, 3.63) is 88.5 Å². The van der Waals surface area contributed by atoms with Crippen LogP contribution in [-0.4, -0.2) is 5.97 Å². The smallest absolute Gasteiger partial charge is 0.314 e. The molecular formula is C30H30F4O2. The fourth-order valence-electron chi connectivity index (χ4n) is 4.97. The molecule has 4 rings (SSSR count). The third-order valence-corrected chi connectivity index (χ3v) is 7.14. The molecule has 190 valence electrons. The SMILES string of the molecule is CCCc1ccc(C2CCC(C(=O)Oc3ccc(-c4ccc(CC)cc4)c(F)c3F)CC2)c(F)c1F. The predicted octanol–water partition coefficient (Wildman–Crippen LogP) is 8.30. The van der Waals surface area contributed by atoms with E-state index in [9.17, 15) is 22.4 Å². The van der Waals surface area contributed by atoms with Gasteiger partial charge in [-0.1, -0.05) is 56.7 Å². The minimum Gasteiger partial charge on any atom is -0.423 e. The summed E-state index contributed by atoms with van der Waals surface area (Å²) >= 11 is 0. The molecule has 0 spiro atoms. The highest BCUT2D eigenvalue weighted by Crippen LogP contribution is 2.39. The molecule has 1 aliphatic rings. The first-order valence-electron chi connectivity index (χ1n) is 12.6. The van der Waals surface area contributed by atoms with Crippen LogP contribution in [0, 0.1) is 29.2 Å². The molecular weight excluding hydrogens is 468 g/mol. The molecule has 3 aromatic carbocycles. The Morgan fingerprint density at radius 1 is 0.806 bits per heavy atom. The molecule has 1 fully saturated rings. The Morgan fingerprint density at radius 3 is 2.14 bits per heavy atom. The Balaban J connectivity index is 1.41. The van der Waals surface area contributed by atoms with Gasteiger partial charge in [0.2, 0.25) is 5.82 Å². The van der Waals surface area contributed by atoms with Crippen LogP contribution < -0.4 is 4.74 Å². The topological polar surface area (TPSA) is 26.3 Å². The number of benzene rings is 3. The normalized spacial score (nSPS) is 17.7. The van der Waals surface area contributed by atoms with E-state index in [1.807, 2.05) is 26.0 Å². The summed E-state index contributed by atoms with van der Waals surface area (Å²) in [6.45, 7) is 3.92. The monoisotopic (exact) mass is 498 g/mol. The Morgan fingerprint density at radius 2 is 1.50 bits per heavy atom. The first-order chi connectivity index (χ1) is 17.3. The Kier molecular flexibility index (Phi) is 8.12. The van der Waals surface area contributed by atoms with Crippen LogP contribution in [0.4, 0.5) is 17.6 Å². The molecule has 0 atom stereocenters. The van der Waals surface area contributed by atoms with Gasteiger partial charge in [-0.05, 0) is 78.8 Å². The summed E-state index contributed by atoms with van der Waals surface area (Å²) < 4.78 is 63.8. The number of rotatable bonds is 7. The molecule has 0 saturated heterocycles. The highest BCUT2D eigenvalue weighted by atomic mass is 19.2. The van der Waals surface area contributed by atoms with Crippen molar-refractivity contribution in [3.8, 4) is 16.9 Å². The third-order valence-electron chi connectivity index (χ3n) is 7.14. The van der Waals surface area contributed by atoms with Crippen molar-refractivity contribution in [2.75, 3.05) is 0 Å². The molecule has 2 nitrogen and oxygen atoms in total. The van der Waals surface area contributed by atoms with Crippen molar-refractivity contribution in [1.82, 2.24) is 0 Å². The third kappa shape index (κ3) is 5.32. The van der Waals surface area contributed by atoms with Gasteiger partial charge >= 0.3 is 5.97 Å². The zero-order valence-corrected chi connectivity index (χ0v) is 20.6. The van der Waals surface area contributed by atoms with Gasteiger partial charge in [0.25, 0.3) is 0 Å². The lowest BCUT2D eigenvalue weighted by atomic mass is 9.78. The lowest BCUT2D eigenvalue weighted by Crippen LogP contribution is -2.26. The van der Waals surface area contributed by atoms with Crippen LogP contribution in [0.1, 0.15) is 68.6 Å². The quantitative estimate of drug-likeness (QED) is 0.186. The Hall–Kier alpha value is -3.15. The molecule has 0 bridgehead atoms. The van der Waals surface area contributed by atoms with Gasteiger partial charge < -0.3 is 4.74 Å². The van der Waals surface area contributed by atoms with E-state index in [2.05, 4.69) is 0 Å². The van der Waals surface area contributed by atoms with Gasteiger partial charge in [0.15, 0.2) is 23.2 Å². The zero-order chi connectivity index (χ0) is 25.8. The van der Waals surface area contributed by atoms with E-state index in [-0.39, 0.29) is 11.5 Å². The van der Waals surface area contributed by atoms with Crippen molar-refractivity contribution >= 4 is 5.97 Å². The molecule has 6 heteroatoms.